The monoisotopic (exact) mass is 319 g/mol. The van der Waals surface area contributed by atoms with Crippen LogP contribution >= 0.6 is 0 Å². The summed E-state index contributed by atoms with van der Waals surface area (Å²) in [6.07, 6.45) is 1.29. The second kappa shape index (κ2) is 5.65. The van der Waals surface area contributed by atoms with Gasteiger partial charge in [-0.25, -0.2) is 0 Å². The number of ether oxygens (including phenoxy) is 1. The van der Waals surface area contributed by atoms with Gasteiger partial charge in [0.15, 0.2) is 11.8 Å². The Balaban J connectivity index is 1.45. The van der Waals surface area contributed by atoms with Gasteiger partial charge in [0.2, 0.25) is 0 Å². The van der Waals surface area contributed by atoms with E-state index in [0.717, 1.165) is 0 Å². The van der Waals surface area contributed by atoms with Gasteiger partial charge in [0, 0.05) is 25.8 Å². The minimum absolute atomic E-state index is 0.114. The molecule has 0 aliphatic carbocycles. The molecule has 9 nitrogen and oxygen atoms in total. The third-order valence-corrected chi connectivity index (χ3v) is 4.44. The van der Waals surface area contributed by atoms with E-state index in [-0.39, 0.29) is 23.8 Å². The Bertz CT molecular complexity index is 638. The molecule has 9 heteroatoms. The molecule has 4 rings (SSSR count). The number of rotatable bonds is 2. The number of oxime groups is 1. The fourth-order valence-corrected chi connectivity index (χ4v) is 3.17. The van der Waals surface area contributed by atoms with Crippen molar-refractivity contribution in [1.29, 1.82) is 0 Å². The smallest absolute Gasteiger partial charge is 0.272 e. The Morgan fingerprint density at radius 2 is 2.00 bits per heavy atom. The van der Waals surface area contributed by atoms with Crippen LogP contribution in [-0.2, 0) is 14.4 Å². The van der Waals surface area contributed by atoms with Crippen molar-refractivity contribution in [3.05, 3.63) is 18.0 Å². The average Bonchev–Trinajstić information content (AvgIpc) is 3.30. The van der Waals surface area contributed by atoms with Crippen LogP contribution in [0.4, 0.5) is 0 Å². The number of amides is 2. The highest BCUT2D eigenvalue weighted by Crippen LogP contribution is 2.29. The molecule has 0 radical (unpaired) electrons. The van der Waals surface area contributed by atoms with E-state index in [9.17, 15) is 9.59 Å². The molecule has 0 saturated carbocycles. The standard InChI is InChI=1S/C14H17N5O4/c20-13(10-1-2-15-16-10)19-7-9-11(8-19)23-17-12(9)14(21)18-3-5-22-6-4-18/h1-2,9,11H,3-8H2,(H,15,16)/t9-,11+/m0/s1. The first-order valence-corrected chi connectivity index (χ1v) is 7.63. The van der Waals surface area contributed by atoms with E-state index < -0.39 is 0 Å². The third kappa shape index (κ3) is 2.46. The Morgan fingerprint density at radius 1 is 1.17 bits per heavy atom. The number of H-pyrrole nitrogens is 1. The normalized spacial score (nSPS) is 26.7. The van der Waals surface area contributed by atoms with Gasteiger partial charge in [-0.15, -0.1) is 0 Å². The van der Waals surface area contributed by atoms with Gasteiger partial charge in [-0.05, 0) is 6.07 Å². The first kappa shape index (κ1) is 14.2. The summed E-state index contributed by atoms with van der Waals surface area (Å²) in [7, 11) is 0. The number of nitrogens with one attached hydrogen (secondary N) is 1. The highest BCUT2D eigenvalue weighted by molar-refractivity contribution is 6.40. The zero-order valence-electron chi connectivity index (χ0n) is 12.5. The molecule has 0 bridgehead atoms. The fourth-order valence-electron chi connectivity index (χ4n) is 3.17. The summed E-state index contributed by atoms with van der Waals surface area (Å²) in [5, 5.41) is 10.4. The SMILES string of the molecule is O=C(C1=NO[C@@H]2CN(C(=O)c3ccn[nH]3)C[C@H]12)N1CCOCC1. The van der Waals surface area contributed by atoms with Crippen LogP contribution in [0.5, 0.6) is 0 Å². The van der Waals surface area contributed by atoms with Crippen LogP contribution in [0.1, 0.15) is 10.5 Å². The molecular formula is C14H17N5O4. The lowest BCUT2D eigenvalue weighted by molar-refractivity contribution is -0.128. The van der Waals surface area contributed by atoms with E-state index >= 15 is 0 Å². The summed E-state index contributed by atoms with van der Waals surface area (Å²) in [4.78, 5) is 33.7. The molecule has 2 saturated heterocycles. The Kier molecular flexibility index (Phi) is 3.49. The van der Waals surface area contributed by atoms with Gasteiger partial charge in [0.05, 0.1) is 25.7 Å². The van der Waals surface area contributed by atoms with Gasteiger partial charge in [-0.1, -0.05) is 5.16 Å². The molecule has 0 aromatic carbocycles. The van der Waals surface area contributed by atoms with Gasteiger partial charge in [-0.3, -0.25) is 14.7 Å². The first-order valence-electron chi connectivity index (χ1n) is 7.63. The quantitative estimate of drug-likeness (QED) is 0.761. The van der Waals surface area contributed by atoms with Gasteiger partial charge in [-0.2, -0.15) is 5.10 Å². The zero-order chi connectivity index (χ0) is 15.8. The fraction of sp³-hybridized carbons (Fsp3) is 0.571. The molecule has 2 fully saturated rings. The summed E-state index contributed by atoms with van der Waals surface area (Å²) < 4.78 is 5.26. The lowest BCUT2D eigenvalue weighted by Gasteiger charge is -2.27. The van der Waals surface area contributed by atoms with Gasteiger partial charge >= 0.3 is 0 Å². The predicted octanol–water partition coefficient (Wildman–Crippen LogP) is -0.905. The average molecular weight is 319 g/mol. The molecular weight excluding hydrogens is 302 g/mol. The minimum Gasteiger partial charge on any atom is -0.389 e. The molecule has 0 unspecified atom stereocenters. The number of hydrogen-bond acceptors (Lipinski definition) is 6. The molecule has 2 atom stereocenters. The number of aromatic nitrogens is 2. The first-order chi connectivity index (χ1) is 11.2. The van der Waals surface area contributed by atoms with E-state index in [1.54, 1.807) is 15.9 Å². The number of morpholine rings is 1. The van der Waals surface area contributed by atoms with E-state index in [0.29, 0.717) is 50.8 Å². The number of nitrogens with zero attached hydrogens (tertiary/aromatic N) is 4. The Labute approximate surface area is 132 Å². The second-order valence-electron chi connectivity index (χ2n) is 5.81. The van der Waals surface area contributed by atoms with Crippen LogP contribution in [0, 0.1) is 5.92 Å². The van der Waals surface area contributed by atoms with Crippen molar-refractivity contribution in [3.8, 4) is 0 Å². The molecule has 122 valence electrons. The highest BCUT2D eigenvalue weighted by Gasteiger charge is 2.47. The van der Waals surface area contributed by atoms with Crippen molar-refractivity contribution in [1.82, 2.24) is 20.0 Å². The molecule has 3 aliphatic rings. The Morgan fingerprint density at radius 3 is 2.74 bits per heavy atom. The Hall–Kier alpha value is -2.42. The summed E-state index contributed by atoms with van der Waals surface area (Å²) in [5.74, 6) is -0.424. The van der Waals surface area contributed by atoms with Crippen LogP contribution in [0.25, 0.3) is 0 Å². The molecule has 0 spiro atoms. The maximum absolute atomic E-state index is 12.6. The van der Waals surface area contributed by atoms with Crippen molar-refractivity contribution >= 4 is 17.5 Å². The van der Waals surface area contributed by atoms with Crippen LogP contribution < -0.4 is 0 Å². The summed E-state index contributed by atoms with van der Waals surface area (Å²) in [6.45, 7) is 3.05. The van der Waals surface area contributed by atoms with Gasteiger partial charge in [0.1, 0.15) is 5.69 Å². The summed E-state index contributed by atoms with van der Waals surface area (Å²) in [6, 6.07) is 1.63. The predicted molar refractivity (Wildman–Crippen MR) is 77.7 cm³/mol. The van der Waals surface area contributed by atoms with Crippen molar-refractivity contribution in [2.24, 2.45) is 11.1 Å². The lowest BCUT2D eigenvalue weighted by Crippen LogP contribution is -2.46. The summed E-state index contributed by atoms with van der Waals surface area (Å²) in [5.41, 5.74) is 0.847. The van der Waals surface area contributed by atoms with Crippen LogP contribution in [0.3, 0.4) is 0 Å². The molecule has 23 heavy (non-hydrogen) atoms. The van der Waals surface area contributed by atoms with Crippen molar-refractivity contribution in [2.45, 2.75) is 6.10 Å². The molecule has 1 N–H and O–H groups in total. The topological polar surface area (TPSA) is 100 Å². The lowest BCUT2D eigenvalue weighted by atomic mass is 10.00. The molecule has 3 aliphatic heterocycles. The summed E-state index contributed by atoms with van der Waals surface area (Å²) >= 11 is 0. The van der Waals surface area contributed by atoms with E-state index in [4.69, 9.17) is 9.57 Å². The number of fused-ring (bicyclic) bond motifs is 1. The molecule has 1 aromatic rings. The number of likely N-dealkylation sites (tertiary alicyclic amines) is 1. The van der Waals surface area contributed by atoms with Crippen LogP contribution in [-0.4, -0.2) is 83.0 Å². The molecule has 2 amide bonds. The van der Waals surface area contributed by atoms with E-state index in [1.165, 1.54) is 6.20 Å². The second-order valence-corrected chi connectivity index (χ2v) is 5.81. The van der Waals surface area contributed by atoms with E-state index in [2.05, 4.69) is 15.4 Å². The largest absolute Gasteiger partial charge is 0.389 e. The molecule has 4 heterocycles. The molecule has 1 aromatic heterocycles. The van der Waals surface area contributed by atoms with Crippen molar-refractivity contribution in [2.75, 3.05) is 39.4 Å². The minimum atomic E-state index is -0.248. The van der Waals surface area contributed by atoms with Crippen molar-refractivity contribution < 1.29 is 19.2 Å². The number of carbonyl (C=O) groups is 2. The van der Waals surface area contributed by atoms with Crippen LogP contribution in [0.15, 0.2) is 17.4 Å². The highest BCUT2D eigenvalue weighted by atomic mass is 16.6. The number of carbonyl (C=O) groups excluding carboxylic acids is 2. The van der Waals surface area contributed by atoms with E-state index in [1.807, 2.05) is 0 Å². The van der Waals surface area contributed by atoms with Gasteiger partial charge in [0.25, 0.3) is 11.8 Å². The third-order valence-electron chi connectivity index (χ3n) is 4.44. The van der Waals surface area contributed by atoms with Gasteiger partial charge < -0.3 is 19.4 Å². The number of hydrogen-bond donors (Lipinski definition) is 1. The maximum atomic E-state index is 12.6. The maximum Gasteiger partial charge on any atom is 0.272 e. The van der Waals surface area contributed by atoms with Crippen LogP contribution in [0.2, 0.25) is 0 Å². The van der Waals surface area contributed by atoms with Crippen molar-refractivity contribution in [3.63, 3.8) is 0 Å². The zero-order valence-corrected chi connectivity index (χ0v) is 12.5. The number of aromatic amines is 1.